The molecule has 0 aliphatic rings. The summed E-state index contributed by atoms with van der Waals surface area (Å²) in [6, 6.07) is 0. The smallest absolute Gasteiger partial charge is 0.383 e. The molecule has 104 valence electrons. The summed E-state index contributed by atoms with van der Waals surface area (Å²) in [7, 11) is 1.45. The highest BCUT2D eigenvalue weighted by molar-refractivity contribution is 7.98. The van der Waals surface area contributed by atoms with Crippen molar-refractivity contribution in [1.82, 2.24) is 9.78 Å². The van der Waals surface area contributed by atoms with E-state index in [1.165, 1.54) is 17.9 Å². The standard InChI is InChI=1S/C9H11F5N2OS/c1-16-2-5(7(15-16)8(10)11)3-18-4-6(17)9(12,13)14/h2,6,8,17H,3-4H2,1H3. The van der Waals surface area contributed by atoms with Crippen LogP contribution in [0.3, 0.4) is 0 Å². The molecule has 0 fully saturated rings. The lowest BCUT2D eigenvalue weighted by molar-refractivity contribution is -0.195. The molecule has 1 aromatic rings. The fourth-order valence-corrected chi connectivity index (χ4v) is 2.20. The first-order valence-electron chi connectivity index (χ1n) is 4.85. The molecule has 1 rings (SSSR count). The fourth-order valence-electron chi connectivity index (χ4n) is 1.22. The van der Waals surface area contributed by atoms with Gasteiger partial charge in [-0.25, -0.2) is 8.78 Å². The Morgan fingerprint density at radius 3 is 2.56 bits per heavy atom. The van der Waals surface area contributed by atoms with Crippen molar-refractivity contribution < 1.29 is 27.1 Å². The van der Waals surface area contributed by atoms with Gasteiger partial charge in [-0.3, -0.25) is 4.68 Å². The summed E-state index contributed by atoms with van der Waals surface area (Å²) in [5, 5.41) is 12.3. The predicted octanol–water partition coefficient (Wildman–Crippen LogP) is 2.51. The van der Waals surface area contributed by atoms with Gasteiger partial charge in [0, 0.05) is 30.3 Å². The van der Waals surface area contributed by atoms with Crippen LogP contribution in [-0.2, 0) is 12.8 Å². The lowest BCUT2D eigenvalue weighted by atomic mass is 10.3. The van der Waals surface area contributed by atoms with Crippen LogP contribution < -0.4 is 0 Å². The summed E-state index contributed by atoms with van der Waals surface area (Å²) in [4.78, 5) is 0. The maximum Gasteiger partial charge on any atom is 0.415 e. The number of halogens is 5. The Bertz CT molecular complexity index is 393. The minimum Gasteiger partial charge on any atom is -0.383 e. The minimum atomic E-state index is -4.69. The van der Waals surface area contributed by atoms with E-state index in [1.54, 1.807) is 0 Å². The van der Waals surface area contributed by atoms with Gasteiger partial charge in [0.2, 0.25) is 0 Å². The summed E-state index contributed by atoms with van der Waals surface area (Å²) < 4.78 is 62.1. The monoisotopic (exact) mass is 290 g/mol. The van der Waals surface area contributed by atoms with E-state index in [0.717, 1.165) is 11.8 Å². The first-order valence-corrected chi connectivity index (χ1v) is 6.00. The highest BCUT2D eigenvalue weighted by Gasteiger charge is 2.37. The molecule has 0 aliphatic carbocycles. The molecule has 0 saturated heterocycles. The fraction of sp³-hybridized carbons (Fsp3) is 0.667. The van der Waals surface area contributed by atoms with Gasteiger partial charge in [-0.15, -0.1) is 0 Å². The summed E-state index contributed by atoms with van der Waals surface area (Å²) in [5.41, 5.74) is -0.265. The second-order valence-corrected chi connectivity index (χ2v) is 4.62. The summed E-state index contributed by atoms with van der Waals surface area (Å²) in [5.74, 6) is -0.651. The van der Waals surface area contributed by atoms with Gasteiger partial charge in [0.25, 0.3) is 6.43 Å². The first kappa shape index (κ1) is 15.2. The van der Waals surface area contributed by atoms with Gasteiger partial charge in [0.1, 0.15) is 5.69 Å². The van der Waals surface area contributed by atoms with E-state index in [0.29, 0.717) is 0 Å². The van der Waals surface area contributed by atoms with Crippen LogP contribution in [0.25, 0.3) is 0 Å². The van der Waals surface area contributed by atoms with Crippen molar-refractivity contribution in [3.8, 4) is 0 Å². The molecule has 1 unspecified atom stereocenters. The van der Waals surface area contributed by atoms with Gasteiger partial charge in [0.15, 0.2) is 6.10 Å². The van der Waals surface area contributed by atoms with Gasteiger partial charge < -0.3 is 5.11 Å². The normalized spacial score (nSPS) is 14.2. The highest BCUT2D eigenvalue weighted by Crippen LogP contribution is 2.27. The Hall–Kier alpha value is -0.830. The van der Waals surface area contributed by atoms with Gasteiger partial charge in [-0.1, -0.05) is 0 Å². The number of hydrogen-bond acceptors (Lipinski definition) is 3. The van der Waals surface area contributed by atoms with E-state index >= 15 is 0 Å². The maximum atomic E-state index is 12.5. The number of rotatable bonds is 5. The molecule has 0 saturated carbocycles. The van der Waals surface area contributed by atoms with Crippen LogP contribution >= 0.6 is 11.8 Å². The second-order valence-electron chi connectivity index (χ2n) is 3.59. The molecule has 18 heavy (non-hydrogen) atoms. The molecule has 1 heterocycles. The average molecular weight is 290 g/mol. The number of alkyl halides is 5. The Morgan fingerprint density at radius 2 is 2.06 bits per heavy atom. The molecule has 0 radical (unpaired) electrons. The lowest BCUT2D eigenvalue weighted by Gasteiger charge is -2.13. The summed E-state index contributed by atoms with van der Waals surface area (Å²) in [6.07, 6.45) is -8.58. The molecule has 0 bridgehead atoms. The third kappa shape index (κ3) is 4.13. The first-order chi connectivity index (χ1) is 8.21. The van der Waals surface area contributed by atoms with Crippen LogP contribution in [0, 0.1) is 0 Å². The molecule has 9 heteroatoms. The van der Waals surface area contributed by atoms with Crippen molar-refractivity contribution in [1.29, 1.82) is 0 Å². The third-order valence-electron chi connectivity index (χ3n) is 2.05. The predicted molar refractivity (Wildman–Crippen MR) is 56.4 cm³/mol. The van der Waals surface area contributed by atoms with Crippen molar-refractivity contribution >= 4 is 11.8 Å². The van der Waals surface area contributed by atoms with Gasteiger partial charge in [-0.05, 0) is 0 Å². The van der Waals surface area contributed by atoms with Crippen LogP contribution in [0.2, 0.25) is 0 Å². The summed E-state index contributed by atoms with van der Waals surface area (Å²) in [6.45, 7) is 0. The number of aliphatic hydroxyl groups excluding tert-OH is 1. The minimum absolute atomic E-state index is 0.0549. The largest absolute Gasteiger partial charge is 0.415 e. The van der Waals surface area contributed by atoms with Crippen molar-refractivity contribution in [2.24, 2.45) is 7.05 Å². The molecule has 1 N–H and O–H groups in total. The highest BCUT2D eigenvalue weighted by atomic mass is 32.2. The molecular formula is C9H11F5N2OS. The van der Waals surface area contributed by atoms with Crippen LogP contribution in [0.1, 0.15) is 17.7 Å². The van der Waals surface area contributed by atoms with Crippen molar-refractivity contribution in [3.05, 3.63) is 17.5 Å². The van der Waals surface area contributed by atoms with Crippen LogP contribution in [0.15, 0.2) is 6.20 Å². The van der Waals surface area contributed by atoms with Gasteiger partial charge in [0.05, 0.1) is 0 Å². The molecular weight excluding hydrogens is 279 g/mol. The van der Waals surface area contributed by atoms with E-state index in [9.17, 15) is 22.0 Å². The van der Waals surface area contributed by atoms with Crippen molar-refractivity contribution in [2.45, 2.75) is 24.5 Å². The topological polar surface area (TPSA) is 38.0 Å². The zero-order valence-electron chi connectivity index (χ0n) is 9.29. The number of aliphatic hydroxyl groups is 1. The quantitative estimate of drug-likeness (QED) is 0.847. The van der Waals surface area contributed by atoms with Crippen molar-refractivity contribution in [2.75, 3.05) is 5.75 Å². The van der Waals surface area contributed by atoms with Crippen molar-refractivity contribution in [3.63, 3.8) is 0 Å². The van der Waals surface area contributed by atoms with Gasteiger partial charge >= 0.3 is 6.18 Å². The van der Waals surface area contributed by atoms with E-state index in [2.05, 4.69) is 5.10 Å². The Balaban J connectivity index is 2.54. The Labute approximate surface area is 104 Å². The third-order valence-corrected chi connectivity index (χ3v) is 3.12. The molecule has 1 atom stereocenters. The molecule has 1 aromatic heterocycles. The zero-order valence-corrected chi connectivity index (χ0v) is 10.1. The summed E-state index contributed by atoms with van der Waals surface area (Å²) >= 11 is 0.730. The van der Waals surface area contributed by atoms with Gasteiger partial charge in [-0.2, -0.15) is 30.0 Å². The molecule has 0 aliphatic heterocycles. The number of aryl methyl sites for hydroxylation is 1. The number of nitrogens with zero attached hydrogens (tertiary/aromatic N) is 2. The Kier molecular flexibility index (Phi) is 4.97. The number of thioether (sulfide) groups is 1. The molecule has 0 amide bonds. The molecule has 0 aromatic carbocycles. The van der Waals surface area contributed by atoms with E-state index in [-0.39, 0.29) is 11.3 Å². The van der Waals surface area contributed by atoms with E-state index in [4.69, 9.17) is 5.11 Å². The van der Waals surface area contributed by atoms with Crippen LogP contribution in [0.5, 0.6) is 0 Å². The van der Waals surface area contributed by atoms with E-state index < -0.39 is 30.2 Å². The SMILES string of the molecule is Cn1cc(CSCC(O)C(F)(F)F)c(C(F)F)n1. The lowest BCUT2D eigenvalue weighted by Crippen LogP contribution is -2.30. The van der Waals surface area contributed by atoms with E-state index in [1.807, 2.05) is 0 Å². The maximum absolute atomic E-state index is 12.5. The second kappa shape index (κ2) is 5.87. The molecule has 0 spiro atoms. The number of hydrogen-bond donors (Lipinski definition) is 1. The number of aromatic nitrogens is 2. The Morgan fingerprint density at radius 1 is 1.44 bits per heavy atom. The average Bonchev–Trinajstić information content (AvgIpc) is 2.58. The van der Waals surface area contributed by atoms with Crippen LogP contribution in [-0.4, -0.2) is 32.9 Å². The zero-order chi connectivity index (χ0) is 13.9. The molecule has 3 nitrogen and oxygen atoms in total. The van der Waals surface area contributed by atoms with Crippen LogP contribution in [0.4, 0.5) is 22.0 Å².